The molecule has 154 valence electrons. The average Bonchev–Trinajstić information content (AvgIpc) is 2.76. The number of carbonyl (C=O) groups excluding carboxylic acids is 1. The van der Waals surface area contributed by atoms with Crippen LogP contribution in [-0.2, 0) is 22.6 Å². The second kappa shape index (κ2) is 11.6. The van der Waals surface area contributed by atoms with Gasteiger partial charge in [-0.3, -0.25) is 9.69 Å². The van der Waals surface area contributed by atoms with E-state index in [1.54, 1.807) is 0 Å². The van der Waals surface area contributed by atoms with E-state index in [1.807, 2.05) is 43.3 Å². The summed E-state index contributed by atoms with van der Waals surface area (Å²) in [4.78, 5) is 15.1. The molecule has 1 aliphatic carbocycles. The summed E-state index contributed by atoms with van der Waals surface area (Å²) in [6.07, 6.45) is 10.7. The van der Waals surface area contributed by atoms with E-state index in [1.165, 1.54) is 43.2 Å². The molecule has 0 amide bonds. The van der Waals surface area contributed by atoms with E-state index in [0.29, 0.717) is 25.6 Å². The Bertz CT molecular complexity index is 709. The lowest BCUT2D eigenvalue weighted by Crippen LogP contribution is -2.40. The maximum absolute atomic E-state index is 12.9. The van der Waals surface area contributed by atoms with E-state index in [9.17, 15) is 4.79 Å². The van der Waals surface area contributed by atoms with Crippen molar-refractivity contribution >= 4 is 5.97 Å². The number of benzene rings is 2. The van der Waals surface area contributed by atoms with Gasteiger partial charge in [-0.25, -0.2) is 0 Å². The van der Waals surface area contributed by atoms with Crippen molar-refractivity contribution in [1.82, 2.24) is 4.90 Å². The lowest BCUT2D eigenvalue weighted by atomic mass is 9.88. The van der Waals surface area contributed by atoms with Crippen molar-refractivity contribution in [3.63, 3.8) is 0 Å². The van der Waals surface area contributed by atoms with Gasteiger partial charge in [0.05, 0.1) is 6.61 Å². The van der Waals surface area contributed by atoms with Crippen LogP contribution in [0.5, 0.6) is 0 Å². The zero-order chi connectivity index (χ0) is 20.3. The minimum atomic E-state index is -0.378. The minimum Gasteiger partial charge on any atom is -0.465 e. The van der Waals surface area contributed by atoms with Gasteiger partial charge in [0.25, 0.3) is 0 Å². The van der Waals surface area contributed by atoms with Crippen LogP contribution in [0.4, 0.5) is 0 Å². The second-order valence-corrected chi connectivity index (χ2v) is 7.86. The second-order valence-electron chi connectivity index (χ2n) is 7.86. The van der Waals surface area contributed by atoms with Crippen molar-refractivity contribution in [2.45, 2.75) is 58.2 Å². The first-order valence-corrected chi connectivity index (χ1v) is 10.9. The minimum absolute atomic E-state index is 0.161. The summed E-state index contributed by atoms with van der Waals surface area (Å²) < 4.78 is 5.47. The molecule has 0 radical (unpaired) electrons. The molecule has 1 atom stereocenters. The smallest absolute Gasteiger partial charge is 0.327 e. The van der Waals surface area contributed by atoms with Crippen LogP contribution in [0, 0.1) is 5.92 Å². The van der Waals surface area contributed by atoms with E-state index in [2.05, 4.69) is 41.3 Å². The Morgan fingerprint density at radius 1 is 0.966 bits per heavy atom. The van der Waals surface area contributed by atoms with Crippen LogP contribution >= 0.6 is 0 Å². The molecule has 0 saturated heterocycles. The fourth-order valence-corrected chi connectivity index (χ4v) is 4.05. The summed E-state index contributed by atoms with van der Waals surface area (Å²) >= 11 is 0. The van der Waals surface area contributed by atoms with Crippen molar-refractivity contribution in [2.75, 3.05) is 6.61 Å². The van der Waals surface area contributed by atoms with Crippen molar-refractivity contribution in [3.8, 4) is 0 Å². The Kier molecular flexibility index (Phi) is 8.51. The van der Waals surface area contributed by atoms with E-state index in [0.717, 1.165) is 0 Å². The number of carbonyl (C=O) groups is 1. The number of ether oxygens (including phenoxy) is 1. The molecule has 0 unspecified atom stereocenters. The molecule has 0 spiro atoms. The zero-order valence-electron chi connectivity index (χ0n) is 17.5. The van der Waals surface area contributed by atoms with Crippen molar-refractivity contribution < 1.29 is 9.53 Å². The highest BCUT2D eigenvalue weighted by atomic mass is 16.5. The summed E-state index contributed by atoms with van der Waals surface area (Å²) in [6.45, 7) is 3.68. The molecule has 0 heterocycles. The summed E-state index contributed by atoms with van der Waals surface area (Å²) in [5.74, 6) is 0.419. The third-order valence-electron chi connectivity index (χ3n) is 5.59. The van der Waals surface area contributed by atoms with Gasteiger partial charge >= 0.3 is 5.97 Å². The third kappa shape index (κ3) is 6.86. The van der Waals surface area contributed by atoms with Crippen LogP contribution in [0.25, 0.3) is 0 Å². The van der Waals surface area contributed by atoms with E-state index >= 15 is 0 Å². The first kappa shape index (κ1) is 21.3. The first-order valence-electron chi connectivity index (χ1n) is 10.9. The average molecular weight is 392 g/mol. The predicted octanol–water partition coefficient (Wildman–Crippen LogP) is 5.76. The number of esters is 1. The molecule has 2 aromatic rings. The van der Waals surface area contributed by atoms with Gasteiger partial charge in [0.2, 0.25) is 0 Å². The van der Waals surface area contributed by atoms with Gasteiger partial charge in [-0.15, -0.1) is 0 Å². The number of hydrogen-bond acceptors (Lipinski definition) is 3. The third-order valence-corrected chi connectivity index (χ3v) is 5.59. The summed E-state index contributed by atoms with van der Waals surface area (Å²) in [5, 5.41) is 0. The summed E-state index contributed by atoms with van der Waals surface area (Å²) in [5.41, 5.74) is 2.40. The lowest BCUT2D eigenvalue weighted by Gasteiger charge is -2.29. The molecule has 3 heteroatoms. The quantitative estimate of drug-likeness (QED) is 0.402. The zero-order valence-corrected chi connectivity index (χ0v) is 17.5. The molecule has 1 saturated carbocycles. The standard InChI is InChI=1S/C26H33NO2/c1-2-29-26(28)25(19-18-22-12-6-3-7-13-22)27(20-23-14-8-4-9-15-23)21-24-16-10-5-11-17-24/h4-5,8-11,14-19,22,25H,2-3,6-7,12-13,20-21H2,1H3/b19-18+/t25-/m1/s1. The molecule has 0 bridgehead atoms. The van der Waals surface area contributed by atoms with Gasteiger partial charge in [-0.1, -0.05) is 92.1 Å². The molecule has 0 N–H and O–H groups in total. The molecule has 3 rings (SSSR count). The fourth-order valence-electron chi connectivity index (χ4n) is 4.05. The largest absolute Gasteiger partial charge is 0.465 e. The van der Waals surface area contributed by atoms with Crippen LogP contribution in [-0.4, -0.2) is 23.5 Å². The fraction of sp³-hybridized carbons (Fsp3) is 0.423. The Morgan fingerprint density at radius 2 is 1.52 bits per heavy atom. The molecule has 0 aliphatic heterocycles. The highest BCUT2D eigenvalue weighted by Crippen LogP contribution is 2.25. The van der Waals surface area contributed by atoms with Crippen molar-refractivity contribution in [3.05, 3.63) is 83.9 Å². The summed E-state index contributed by atoms with van der Waals surface area (Å²) in [6, 6.07) is 20.3. The van der Waals surface area contributed by atoms with Gasteiger partial charge in [-0.2, -0.15) is 0 Å². The monoisotopic (exact) mass is 391 g/mol. The number of nitrogens with zero attached hydrogens (tertiary/aromatic N) is 1. The maximum atomic E-state index is 12.9. The van der Waals surface area contributed by atoms with Gasteiger partial charge < -0.3 is 4.74 Å². The number of allylic oxidation sites excluding steroid dienone is 1. The molecular weight excluding hydrogens is 358 g/mol. The normalized spacial score (nSPS) is 16.2. The van der Waals surface area contributed by atoms with Crippen LogP contribution in [0.15, 0.2) is 72.8 Å². The predicted molar refractivity (Wildman–Crippen MR) is 118 cm³/mol. The van der Waals surface area contributed by atoms with Gasteiger partial charge in [0.1, 0.15) is 6.04 Å². The van der Waals surface area contributed by atoms with Crippen molar-refractivity contribution in [2.24, 2.45) is 5.92 Å². The summed E-state index contributed by atoms with van der Waals surface area (Å²) in [7, 11) is 0. The number of rotatable bonds is 9. The highest BCUT2D eigenvalue weighted by molar-refractivity contribution is 5.78. The molecule has 29 heavy (non-hydrogen) atoms. The van der Waals surface area contributed by atoms with E-state index < -0.39 is 0 Å². The van der Waals surface area contributed by atoms with Gasteiger partial charge in [0.15, 0.2) is 0 Å². The molecule has 1 aliphatic rings. The molecular formula is C26H33NO2. The van der Waals surface area contributed by atoms with Crippen LogP contribution in [0.1, 0.15) is 50.2 Å². The van der Waals surface area contributed by atoms with Crippen LogP contribution in [0.2, 0.25) is 0 Å². The SMILES string of the molecule is CCOC(=O)[C@@H](/C=C/C1CCCCC1)N(Cc1ccccc1)Cc1ccccc1. The Balaban J connectivity index is 1.84. The van der Waals surface area contributed by atoms with Crippen LogP contribution < -0.4 is 0 Å². The first-order chi connectivity index (χ1) is 14.3. The van der Waals surface area contributed by atoms with Crippen LogP contribution in [0.3, 0.4) is 0 Å². The Labute approximate surface area is 175 Å². The van der Waals surface area contributed by atoms with Gasteiger partial charge in [-0.05, 0) is 36.8 Å². The Hall–Kier alpha value is -2.39. The molecule has 0 aromatic heterocycles. The maximum Gasteiger partial charge on any atom is 0.327 e. The topological polar surface area (TPSA) is 29.5 Å². The Morgan fingerprint density at radius 3 is 2.03 bits per heavy atom. The molecule has 2 aromatic carbocycles. The lowest BCUT2D eigenvalue weighted by molar-refractivity contribution is -0.148. The molecule has 1 fully saturated rings. The number of hydrogen-bond donors (Lipinski definition) is 0. The van der Waals surface area contributed by atoms with E-state index in [-0.39, 0.29) is 12.0 Å². The highest BCUT2D eigenvalue weighted by Gasteiger charge is 2.26. The van der Waals surface area contributed by atoms with Gasteiger partial charge in [0, 0.05) is 13.1 Å². The van der Waals surface area contributed by atoms with E-state index in [4.69, 9.17) is 4.74 Å². The molecule has 3 nitrogen and oxygen atoms in total. The van der Waals surface area contributed by atoms with Crippen molar-refractivity contribution in [1.29, 1.82) is 0 Å².